The Morgan fingerprint density at radius 2 is 1.96 bits per heavy atom. The molecule has 0 saturated carbocycles. The fourth-order valence-corrected chi connectivity index (χ4v) is 2.69. The fraction of sp³-hybridized carbons (Fsp3) is 0.176. The number of amides is 1. The molecule has 0 aliphatic rings. The molecule has 2 rings (SSSR count). The third kappa shape index (κ3) is 6.23. The number of hydrogen-bond donors (Lipinski definition) is 1. The maximum Gasteiger partial charge on any atom is 0.277 e. The van der Waals surface area contributed by atoms with Gasteiger partial charge in [0.2, 0.25) is 0 Å². The molecular formula is C17H15BrCl2N2O3. The van der Waals surface area contributed by atoms with Crippen molar-refractivity contribution in [2.45, 2.75) is 6.92 Å². The van der Waals surface area contributed by atoms with Gasteiger partial charge in [0.25, 0.3) is 5.91 Å². The summed E-state index contributed by atoms with van der Waals surface area (Å²) in [7, 11) is 0. The van der Waals surface area contributed by atoms with E-state index in [-0.39, 0.29) is 6.61 Å². The molecule has 132 valence electrons. The molecule has 1 N–H and O–H groups in total. The Hall–Kier alpha value is -1.76. The van der Waals surface area contributed by atoms with Crippen LogP contribution in [-0.2, 0) is 4.79 Å². The number of hydrogen-bond acceptors (Lipinski definition) is 4. The van der Waals surface area contributed by atoms with Crippen LogP contribution in [0.25, 0.3) is 0 Å². The molecule has 0 unspecified atom stereocenters. The lowest BCUT2D eigenvalue weighted by molar-refractivity contribution is -0.123. The van der Waals surface area contributed by atoms with Gasteiger partial charge in [-0.05, 0) is 43.3 Å². The van der Waals surface area contributed by atoms with Gasteiger partial charge < -0.3 is 9.47 Å². The lowest BCUT2D eigenvalue weighted by Crippen LogP contribution is -2.24. The molecule has 0 atom stereocenters. The molecule has 0 saturated heterocycles. The second kappa shape index (κ2) is 9.65. The highest BCUT2D eigenvalue weighted by Crippen LogP contribution is 2.27. The molecule has 0 aliphatic heterocycles. The Morgan fingerprint density at radius 1 is 1.20 bits per heavy atom. The summed E-state index contributed by atoms with van der Waals surface area (Å²) in [6, 6.07) is 10.3. The van der Waals surface area contributed by atoms with Gasteiger partial charge in [-0.15, -0.1) is 0 Å². The summed E-state index contributed by atoms with van der Waals surface area (Å²) in [5.41, 5.74) is 3.12. The number of carbonyl (C=O) groups is 1. The Kier molecular flexibility index (Phi) is 7.55. The first-order chi connectivity index (χ1) is 12.0. The largest absolute Gasteiger partial charge is 0.493 e. The van der Waals surface area contributed by atoms with Gasteiger partial charge in [-0.1, -0.05) is 39.1 Å². The molecule has 0 radical (unpaired) electrons. The van der Waals surface area contributed by atoms with E-state index >= 15 is 0 Å². The number of benzene rings is 2. The van der Waals surface area contributed by atoms with E-state index in [2.05, 4.69) is 26.5 Å². The van der Waals surface area contributed by atoms with E-state index in [1.165, 1.54) is 12.3 Å². The SMILES string of the molecule is CCOc1ccc(Br)cc1/C=N/NC(=O)COc1ccc(Cl)cc1Cl. The molecule has 0 aromatic heterocycles. The van der Waals surface area contributed by atoms with Gasteiger partial charge in [-0.3, -0.25) is 4.79 Å². The zero-order valence-corrected chi connectivity index (χ0v) is 16.4. The van der Waals surface area contributed by atoms with E-state index in [0.717, 1.165) is 10.0 Å². The summed E-state index contributed by atoms with van der Waals surface area (Å²) in [6.45, 7) is 2.20. The van der Waals surface area contributed by atoms with Gasteiger partial charge in [0.05, 0.1) is 17.8 Å². The standard InChI is InChI=1S/C17H15BrCl2N2O3/c1-2-24-15-5-3-12(18)7-11(15)9-21-22-17(23)10-25-16-6-4-13(19)8-14(16)20/h3-9H,2,10H2,1H3,(H,22,23)/b21-9+. The van der Waals surface area contributed by atoms with Crippen molar-refractivity contribution in [2.75, 3.05) is 13.2 Å². The van der Waals surface area contributed by atoms with Crippen molar-refractivity contribution in [3.63, 3.8) is 0 Å². The van der Waals surface area contributed by atoms with Crippen LogP contribution in [0.5, 0.6) is 11.5 Å². The van der Waals surface area contributed by atoms with E-state index < -0.39 is 5.91 Å². The molecule has 2 aromatic carbocycles. The molecule has 8 heteroatoms. The number of rotatable bonds is 7. The molecule has 0 aliphatic carbocycles. The average Bonchev–Trinajstić information content (AvgIpc) is 2.56. The average molecular weight is 446 g/mol. The zero-order valence-electron chi connectivity index (χ0n) is 13.3. The topological polar surface area (TPSA) is 59.9 Å². The molecule has 0 spiro atoms. The van der Waals surface area contributed by atoms with Crippen LogP contribution >= 0.6 is 39.1 Å². The van der Waals surface area contributed by atoms with E-state index in [4.69, 9.17) is 32.7 Å². The highest BCUT2D eigenvalue weighted by atomic mass is 79.9. The van der Waals surface area contributed by atoms with E-state index in [9.17, 15) is 4.79 Å². The van der Waals surface area contributed by atoms with Crippen LogP contribution in [-0.4, -0.2) is 25.3 Å². The van der Waals surface area contributed by atoms with Gasteiger partial charge in [0, 0.05) is 15.1 Å². The number of nitrogens with zero attached hydrogens (tertiary/aromatic N) is 1. The Bertz CT molecular complexity index is 784. The van der Waals surface area contributed by atoms with Crippen molar-refractivity contribution in [2.24, 2.45) is 5.10 Å². The summed E-state index contributed by atoms with van der Waals surface area (Å²) in [5, 5.41) is 4.74. The second-order valence-electron chi connectivity index (χ2n) is 4.77. The lowest BCUT2D eigenvalue weighted by Gasteiger charge is -2.08. The number of halogens is 3. The van der Waals surface area contributed by atoms with Gasteiger partial charge in [0.1, 0.15) is 11.5 Å². The number of ether oxygens (including phenoxy) is 2. The number of nitrogens with one attached hydrogen (secondary N) is 1. The maximum atomic E-state index is 11.8. The molecule has 0 heterocycles. The molecular weight excluding hydrogens is 431 g/mol. The number of hydrazone groups is 1. The minimum absolute atomic E-state index is 0.227. The van der Waals surface area contributed by atoms with Gasteiger partial charge in [0.15, 0.2) is 6.61 Å². The predicted octanol–water partition coefficient (Wildman–Crippen LogP) is 4.68. The smallest absolute Gasteiger partial charge is 0.277 e. The monoisotopic (exact) mass is 444 g/mol. The minimum Gasteiger partial charge on any atom is -0.493 e. The first-order valence-corrected chi connectivity index (χ1v) is 8.86. The summed E-state index contributed by atoms with van der Waals surface area (Å²) in [6.07, 6.45) is 1.50. The third-order valence-electron chi connectivity index (χ3n) is 2.92. The van der Waals surface area contributed by atoms with Gasteiger partial charge in [-0.2, -0.15) is 5.10 Å². The minimum atomic E-state index is -0.421. The van der Waals surface area contributed by atoms with Crippen molar-refractivity contribution < 1.29 is 14.3 Å². The van der Waals surface area contributed by atoms with Crippen molar-refractivity contribution in [1.82, 2.24) is 5.43 Å². The Morgan fingerprint density at radius 3 is 2.68 bits per heavy atom. The normalized spacial score (nSPS) is 10.7. The van der Waals surface area contributed by atoms with Crippen LogP contribution in [0.2, 0.25) is 10.0 Å². The number of carbonyl (C=O) groups excluding carboxylic acids is 1. The molecule has 0 fully saturated rings. The lowest BCUT2D eigenvalue weighted by atomic mass is 10.2. The first-order valence-electron chi connectivity index (χ1n) is 7.31. The van der Waals surface area contributed by atoms with Crippen molar-refractivity contribution >= 4 is 51.3 Å². The summed E-state index contributed by atoms with van der Waals surface area (Å²) in [5.74, 6) is 0.624. The van der Waals surface area contributed by atoms with Crippen molar-refractivity contribution in [1.29, 1.82) is 0 Å². The second-order valence-corrected chi connectivity index (χ2v) is 6.53. The van der Waals surface area contributed by atoms with E-state index in [1.54, 1.807) is 12.1 Å². The zero-order chi connectivity index (χ0) is 18.2. The Balaban J connectivity index is 1.91. The van der Waals surface area contributed by atoms with Crippen LogP contribution in [0.3, 0.4) is 0 Å². The Labute approximate surface area is 164 Å². The maximum absolute atomic E-state index is 11.8. The van der Waals surface area contributed by atoms with Crippen LogP contribution < -0.4 is 14.9 Å². The van der Waals surface area contributed by atoms with Crippen molar-refractivity contribution in [3.8, 4) is 11.5 Å². The summed E-state index contributed by atoms with van der Waals surface area (Å²) in [4.78, 5) is 11.8. The van der Waals surface area contributed by atoms with Gasteiger partial charge >= 0.3 is 0 Å². The van der Waals surface area contributed by atoms with Crippen LogP contribution in [0, 0.1) is 0 Å². The van der Waals surface area contributed by atoms with E-state index in [0.29, 0.717) is 28.2 Å². The van der Waals surface area contributed by atoms with Crippen LogP contribution in [0.4, 0.5) is 0 Å². The summed E-state index contributed by atoms with van der Waals surface area (Å²) < 4.78 is 11.7. The van der Waals surface area contributed by atoms with Gasteiger partial charge in [-0.25, -0.2) is 5.43 Å². The molecule has 1 amide bonds. The molecule has 2 aromatic rings. The molecule has 25 heavy (non-hydrogen) atoms. The summed E-state index contributed by atoms with van der Waals surface area (Å²) >= 11 is 15.2. The van der Waals surface area contributed by atoms with E-state index in [1.807, 2.05) is 25.1 Å². The third-order valence-corrected chi connectivity index (χ3v) is 3.94. The van der Waals surface area contributed by atoms with Crippen molar-refractivity contribution in [3.05, 3.63) is 56.5 Å². The first kappa shape index (κ1) is 19.6. The highest BCUT2D eigenvalue weighted by Gasteiger charge is 2.06. The predicted molar refractivity (Wildman–Crippen MR) is 103 cm³/mol. The molecule has 5 nitrogen and oxygen atoms in total. The van der Waals surface area contributed by atoms with Crippen LogP contribution in [0.15, 0.2) is 46.0 Å². The quantitative estimate of drug-likeness (QED) is 0.497. The molecule has 0 bridgehead atoms. The highest BCUT2D eigenvalue weighted by molar-refractivity contribution is 9.10. The van der Waals surface area contributed by atoms with Crippen LogP contribution in [0.1, 0.15) is 12.5 Å². The fourth-order valence-electron chi connectivity index (χ4n) is 1.85.